The van der Waals surface area contributed by atoms with Crippen LogP contribution in [0.5, 0.6) is 0 Å². The Bertz CT molecular complexity index is 851. The number of benzene rings is 3. The van der Waals surface area contributed by atoms with Gasteiger partial charge < -0.3 is 10.2 Å². The first-order valence-electron chi connectivity index (χ1n) is 9.32. The molecule has 3 rings (SSSR count). The van der Waals surface area contributed by atoms with Crippen molar-refractivity contribution in [3.63, 3.8) is 0 Å². The Balaban J connectivity index is 1.62. The Hall–Kier alpha value is -3.40. The molecule has 28 heavy (non-hydrogen) atoms. The number of rotatable bonds is 8. The highest BCUT2D eigenvalue weighted by molar-refractivity contribution is 5.95. The Morgan fingerprint density at radius 2 is 1.50 bits per heavy atom. The van der Waals surface area contributed by atoms with Gasteiger partial charge in [-0.2, -0.15) is 0 Å². The maximum atomic E-state index is 12.5. The Labute approximate surface area is 165 Å². The summed E-state index contributed by atoms with van der Waals surface area (Å²) in [6.07, 6.45) is 2.43. The van der Waals surface area contributed by atoms with Crippen LogP contribution in [0.15, 0.2) is 90.1 Å². The topological polar surface area (TPSA) is 50.7 Å². The zero-order valence-electron chi connectivity index (χ0n) is 15.9. The molecule has 4 nitrogen and oxygen atoms in total. The van der Waals surface area contributed by atoms with E-state index in [-0.39, 0.29) is 11.8 Å². The number of nitrogens with zero attached hydrogens (tertiary/aromatic N) is 1. The van der Waals surface area contributed by atoms with E-state index < -0.39 is 0 Å². The first kappa shape index (κ1) is 19.4. The van der Waals surface area contributed by atoms with Crippen molar-refractivity contribution in [1.29, 1.82) is 0 Å². The Morgan fingerprint density at radius 1 is 0.929 bits per heavy atom. The second-order valence-corrected chi connectivity index (χ2v) is 6.46. The maximum Gasteiger partial charge on any atom is 0.251 e. The highest BCUT2D eigenvalue weighted by Crippen LogP contribution is 2.27. The van der Waals surface area contributed by atoms with Gasteiger partial charge in [0.1, 0.15) is 7.11 Å². The van der Waals surface area contributed by atoms with Crippen molar-refractivity contribution in [1.82, 2.24) is 5.32 Å². The number of nitrogens with one attached hydrogen (secondary N) is 1. The second kappa shape index (κ2) is 10.1. The third kappa shape index (κ3) is 5.30. The molecule has 1 N–H and O–H groups in total. The van der Waals surface area contributed by atoms with Gasteiger partial charge in [-0.15, -0.1) is 0 Å². The lowest BCUT2D eigenvalue weighted by Crippen LogP contribution is -2.25. The number of hydrogen-bond acceptors (Lipinski definition) is 3. The van der Waals surface area contributed by atoms with Crippen LogP contribution in [-0.4, -0.2) is 25.8 Å². The first-order valence-corrected chi connectivity index (χ1v) is 9.32. The van der Waals surface area contributed by atoms with Gasteiger partial charge in [0.2, 0.25) is 0 Å². The molecule has 0 aliphatic heterocycles. The Morgan fingerprint density at radius 3 is 2.04 bits per heavy atom. The summed E-state index contributed by atoms with van der Waals surface area (Å²) in [5.41, 5.74) is 4.02. The lowest BCUT2D eigenvalue weighted by Gasteiger charge is -2.18. The van der Waals surface area contributed by atoms with Crippen molar-refractivity contribution in [2.24, 2.45) is 5.16 Å². The molecule has 0 saturated carbocycles. The molecule has 0 aliphatic carbocycles. The minimum absolute atomic E-state index is 0.0740. The molecule has 0 aromatic heterocycles. The normalized spacial score (nSPS) is 10.9. The lowest BCUT2D eigenvalue weighted by molar-refractivity contribution is 0.0953. The standard InChI is InChI=1S/C24H24N2O2/c1-28-26-18-19-12-14-22(15-13-19)24(27)25-17-16-23(20-8-4-2-5-9-20)21-10-6-3-7-11-21/h2-15,18,23H,16-17H2,1H3,(H,25,27)/b26-18+. The molecule has 0 saturated heterocycles. The molecular weight excluding hydrogens is 348 g/mol. The number of carbonyl (C=O) groups excluding carboxylic acids is 1. The highest BCUT2D eigenvalue weighted by Gasteiger charge is 2.14. The molecule has 4 heteroatoms. The van der Waals surface area contributed by atoms with E-state index in [0.717, 1.165) is 12.0 Å². The van der Waals surface area contributed by atoms with Gasteiger partial charge >= 0.3 is 0 Å². The molecule has 0 heterocycles. The van der Waals surface area contributed by atoms with E-state index >= 15 is 0 Å². The van der Waals surface area contributed by atoms with Crippen LogP contribution < -0.4 is 5.32 Å². The fourth-order valence-electron chi connectivity index (χ4n) is 3.16. The van der Waals surface area contributed by atoms with E-state index in [1.165, 1.54) is 18.2 Å². The van der Waals surface area contributed by atoms with Crippen LogP contribution in [-0.2, 0) is 4.84 Å². The van der Waals surface area contributed by atoms with Crippen LogP contribution in [0.2, 0.25) is 0 Å². The van der Waals surface area contributed by atoms with E-state index in [0.29, 0.717) is 12.1 Å². The van der Waals surface area contributed by atoms with Gasteiger partial charge in [-0.25, -0.2) is 0 Å². The quantitative estimate of drug-likeness (QED) is 0.463. The third-order valence-electron chi connectivity index (χ3n) is 4.60. The first-order chi connectivity index (χ1) is 13.8. The van der Waals surface area contributed by atoms with E-state index in [9.17, 15) is 4.79 Å². The summed E-state index contributed by atoms with van der Waals surface area (Å²) in [6.45, 7) is 0.597. The molecule has 0 aliphatic rings. The largest absolute Gasteiger partial charge is 0.399 e. The van der Waals surface area contributed by atoms with Crippen molar-refractivity contribution in [3.8, 4) is 0 Å². The summed E-state index contributed by atoms with van der Waals surface area (Å²) in [6, 6.07) is 28.1. The fourth-order valence-corrected chi connectivity index (χ4v) is 3.16. The van der Waals surface area contributed by atoms with E-state index in [2.05, 4.69) is 63.8 Å². The van der Waals surface area contributed by atoms with Crippen molar-refractivity contribution in [3.05, 3.63) is 107 Å². The molecule has 142 valence electrons. The van der Waals surface area contributed by atoms with Crippen LogP contribution in [0.4, 0.5) is 0 Å². The van der Waals surface area contributed by atoms with Crippen molar-refractivity contribution in [2.45, 2.75) is 12.3 Å². The summed E-state index contributed by atoms with van der Waals surface area (Å²) < 4.78 is 0. The third-order valence-corrected chi connectivity index (χ3v) is 4.60. The molecule has 0 bridgehead atoms. The zero-order valence-corrected chi connectivity index (χ0v) is 15.9. The average molecular weight is 372 g/mol. The second-order valence-electron chi connectivity index (χ2n) is 6.46. The molecule has 0 spiro atoms. The maximum absolute atomic E-state index is 12.5. The van der Waals surface area contributed by atoms with Crippen LogP contribution in [0.25, 0.3) is 0 Å². The lowest BCUT2D eigenvalue weighted by atomic mass is 9.88. The van der Waals surface area contributed by atoms with Gasteiger partial charge in [-0.1, -0.05) is 78.0 Å². The summed E-state index contributed by atoms with van der Waals surface area (Å²) in [5.74, 6) is 0.172. The predicted octanol–water partition coefficient (Wildman–Crippen LogP) is 4.62. The van der Waals surface area contributed by atoms with Gasteiger partial charge in [0.15, 0.2) is 0 Å². The smallest absolute Gasteiger partial charge is 0.251 e. The summed E-state index contributed by atoms with van der Waals surface area (Å²) in [7, 11) is 1.50. The molecule has 0 unspecified atom stereocenters. The predicted molar refractivity (Wildman–Crippen MR) is 113 cm³/mol. The van der Waals surface area contributed by atoms with Gasteiger partial charge in [-0.3, -0.25) is 4.79 Å². The number of amides is 1. The van der Waals surface area contributed by atoms with Gasteiger partial charge in [0.25, 0.3) is 5.91 Å². The number of oxime groups is 1. The summed E-state index contributed by atoms with van der Waals surface area (Å²) in [5, 5.41) is 6.75. The molecule has 0 atom stereocenters. The Kier molecular flexibility index (Phi) is 6.96. The minimum atomic E-state index is -0.0740. The van der Waals surface area contributed by atoms with Crippen molar-refractivity contribution < 1.29 is 9.63 Å². The fraction of sp³-hybridized carbons (Fsp3) is 0.167. The van der Waals surface area contributed by atoms with Crippen molar-refractivity contribution >= 4 is 12.1 Å². The summed E-state index contributed by atoms with van der Waals surface area (Å²) in [4.78, 5) is 17.1. The molecule has 0 radical (unpaired) electrons. The molecular formula is C24H24N2O2. The van der Waals surface area contributed by atoms with Crippen LogP contribution in [0, 0.1) is 0 Å². The van der Waals surface area contributed by atoms with E-state index in [1.54, 1.807) is 18.3 Å². The van der Waals surface area contributed by atoms with Crippen LogP contribution in [0.3, 0.4) is 0 Å². The van der Waals surface area contributed by atoms with Crippen molar-refractivity contribution in [2.75, 3.05) is 13.7 Å². The van der Waals surface area contributed by atoms with Crippen LogP contribution >= 0.6 is 0 Å². The van der Waals surface area contributed by atoms with E-state index in [1.807, 2.05) is 24.3 Å². The molecule has 0 fully saturated rings. The zero-order chi connectivity index (χ0) is 19.6. The monoisotopic (exact) mass is 372 g/mol. The molecule has 3 aromatic rings. The minimum Gasteiger partial charge on any atom is -0.399 e. The molecule has 1 amide bonds. The van der Waals surface area contributed by atoms with E-state index in [4.69, 9.17) is 0 Å². The SMILES string of the molecule is CO/N=C/c1ccc(C(=O)NCCC(c2ccccc2)c2ccccc2)cc1. The van der Waals surface area contributed by atoms with Crippen LogP contribution in [0.1, 0.15) is 39.4 Å². The number of hydrogen-bond donors (Lipinski definition) is 1. The summed E-state index contributed by atoms with van der Waals surface area (Å²) >= 11 is 0. The van der Waals surface area contributed by atoms with Gasteiger partial charge in [-0.05, 0) is 35.2 Å². The highest BCUT2D eigenvalue weighted by atomic mass is 16.6. The molecule has 3 aromatic carbocycles. The average Bonchev–Trinajstić information content (AvgIpc) is 2.76. The van der Waals surface area contributed by atoms with Gasteiger partial charge in [0, 0.05) is 18.0 Å². The number of carbonyl (C=O) groups is 1. The van der Waals surface area contributed by atoms with Gasteiger partial charge in [0.05, 0.1) is 6.21 Å².